The van der Waals surface area contributed by atoms with E-state index in [1.165, 1.54) is 0 Å². The fraction of sp³-hybridized carbons (Fsp3) is 0.452. The molecule has 2 aromatic carbocycles. The molecule has 322 valence electrons. The number of aliphatic hydroxyl groups excluding tert-OH is 1. The Bertz CT molecular complexity index is 2170. The lowest BCUT2D eigenvalue weighted by molar-refractivity contribution is -0.139. The minimum absolute atomic E-state index is 0.00580. The van der Waals surface area contributed by atoms with Crippen LogP contribution in [0.25, 0.3) is 21.8 Å². The number of aromatic nitrogens is 2. The van der Waals surface area contributed by atoms with Crippen molar-refractivity contribution < 1.29 is 43.8 Å². The van der Waals surface area contributed by atoms with Crippen molar-refractivity contribution in [1.82, 2.24) is 47.2 Å². The van der Waals surface area contributed by atoms with Gasteiger partial charge in [-0.25, -0.2) is 0 Å². The Kier molecular flexibility index (Phi) is 15.4. The maximum atomic E-state index is 14.4. The molecule has 0 saturated carbocycles. The van der Waals surface area contributed by atoms with Crippen LogP contribution in [0.3, 0.4) is 0 Å². The highest BCUT2D eigenvalue weighted by Crippen LogP contribution is 2.22. The summed E-state index contributed by atoms with van der Waals surface area (Å²) in [6.45, 7) is 5.71. The normalized spacial score (nSPS) is 16.4. The van der Waals surface area contributed by atoms with Crippen LogP contribution in [-0.4, -0.2) is 118 Å². The van der Waals surface area contributed by atoms with Gasteiger partial charge in [0.05, 0.1) is 12.6 Å². The Balaban J connectivity index is 1.37. The van der Waals surface area contributed by atoms with Crippen molar-refractivity contribution in [2.24, 2.45) is 11.8 Å². The first-order valence-corrected chi connectivity index (χ1v) is 20.1. The van der Waals surface area contributed by atoms with Gasteiger partial charge in [-0.05, 0) is 54.5 Å². The molecule has 18 nitrogen and oxygen atoms in total. The molecule has 11 N–H and O–H groups in total. The lowest BCUT2D eigenvalue weighted by Gasteiger charge is -2.29. The lowest BCUT2D eigenvalue weighted by Crippen LogP contribution is -2.61. The number of carbonyl (C=O) groups excluding carboxylic acids is 6. The predicted octanol–water partition coefficient (Wildman–Crippen LogP) is 0.116. The third kappa shape index (κ3) is 11.5. The number of carboxylic acids is 1. The summed E-state index contributed by atoms with van der Waals surface area (Å²) in [5.41, 5.74) is 3.14. The van der Waals surface area contributed by atoms with Crippen LogP contribution in [0.1, 0.15) is 51.7 Å². The van der Waals surface area contributed by atoms with Gasteiger partial charge < -0.3 is 57.4 Å². The number of amides is 6. The van der Waals surface area contributed by atoms with Crippen LogP contribution in [0.4, 0.5) is 0 Å². The summed E-state index contributed by atoms with van der Waals surface area (Å²) in [5.74, 6) is -6.52. The van der Waals surface area contributed by atoms with E-state index in [-0.39, 0.29) is 18.7 Å². The Hall–Kier alpha value is -6.27. The molecule has 1 saturated heterocycles. The van der Waals surface area contributed by atoms with Crippen molar-refractivity contribution in [3.05, 3.63) is 72.1 Å². The predicted molar refractivity (Wildman–Crippen MR) is 222 cm³/mol. The number of fused-ring (bicyclic) bond motifs is 2. The number of aliphatic hydroxyl groups is 1. The average molecular weight is 830 g/mol. The molecule has 3 heterocycles. The number of aliphatic carboxylic acids is 1. The number of nitrogens with one attached hydrogen (secondary N) is 9. The molecular weight excluding hydrogens is 775 g/mol. The number of aromatic amines is 2. The molecule has 0 unspecified atom stereocenters. The third-order valence-electron chi connectivity index (χ3n) is 10.6. The molecule has 60 heavy (non-hydrogen) atoms. The standard InChI is InChI=1S/C42H55N9O9/c1-22(2)35(41(59)46-20-34(53)54)50-40(58)33(21-52)49-42(60)36(23(3)4)51-39(57)32(17-25-19-45-29-13-8-6-11-27(25)29)48-38(56)31(47-37(55)30-14-9-15-43-30)16-24-18-44-28-12-7-5-10-26(24)28/h5-8,10-13,18-19,22-23,30-33,35-36,43-45,52H,9,14-17,20-21H2,1-4H3,(H,46,59)(H,47,55)(H,48,56)(H,49,60)(H,50,58)(H,51,57)(H,53,54)/t30-,31-,32-,33-,35-,36-/m0/s1. The summed E-state index contributed by atoms with van der Waals surface area (Å²) in [7, 11) is 0. The largest absolute Gasteiger partial charge is 0.480 e. The van der Waals surface area contributed by atoms with Crippen molar-refractivity contribution in [3.63, 3.8) is 0 Å². The molecule has 6 atom stereocenters. The van der Waals surface area contributed by atoms with Crippen molar-refractivity contribution in [2.75, 3.05) is 19.7 Å². The second-order valence-corrected chi connectivity index (χ2v) is 15.7. The van der Waals surface area contributed by atoms with Gasteiger partial charge in [-0.15, -0.1) is 0 Å². The molecule has 1 aliphatic rings. The van der Waals surface area contributed by atoms with Gasteiger partial charge in [-0.3, -0.25) is 33.6 Å². The van der Waals surface area contributed by atoms with Crippen LogP contribution in [0.15, 0.2) is 60.9 Å². The van der Waals surface area contributed by atoms with Gasteiger partial charge in [-0.1, -0.05) is 64.1 Å². The first-order chi connectivity index (χ1) is 28.7. The van der Waals surface area contributed by atoms with Crippen molar-refractivity contribution in [2.45, 2.75) is 89.6 Å². The molecule has 5 rings (SSSR count). The van der Waals surface area contributed by atoms with Crippen LogP contribution < -0.4 is 37.2 Å². The first kappa shape index (κ1) is 44.8. The summed E-state index contributed by atoms with van der Waals surface area (Å²) in [6.07, 6.45) is 5.03. The number of H-pyrrole nitrogens is 2. The second kappa shape index (κ2) is 20.6. The van der Waals surface area contributed by atoms with Crippen LogP contribution in [0.5, 0.6) is 0 Å². The smallest absolute Gasteiger partial charge is 0.322 e. The van der Waals surface area contributed by atoms with E-state index in [1.807, 2.05) is 48.5 Å². The first-order valence-electron chi connectivity index (χ1n) is 20.1. The van der Waals surface area contributed by atoms with Gasteiger partial charge >= 0.3 is 5.97 Å². The summed E-state index contributed by atoms with van der Waals surface area (Å²) < 4.78 is 0. The molecule has 2 aromatic heterocycles. The Morgan fingerprint density at radius 3 is 1.63 bits per heavy atom. The molecular formula is C42H55N9O9. The highest BCUT2D eigenvalue weighted by molar-refractivity contribution is 5.98. The van der Waals surface area contributed by atoms with Gasteiger partial charge in [0.1, 0.15) is 36.8 Å². The molecule has 0 spiro atoms. The monoisotopic (exact) mass is 829 g/mol. The minimum atomic E-state index is -1.55. The number of hydrogen-bond acceptors (Lipinski definition) is 9. The second-order valence-electron chi connectivity index (χ2n) is 15.7. The van der Waals surface area contributed by atoms with Crippen LogP contribution in [0, 0.1) is 11.8 Å². The van der Waals surface area contributed by atoms with E-state index in [4.69, 9.17) is 5.11 Å². The third-order valence-corrected chi connectivity index (χ3v) is 10.6. The number of carboxylic acid groups (broad SMARTS) is 1. The maximum Gasteiger partial charge on any atom is 0.322 e. The quantitative estimate of drug-likeness (QED) is 0.0573. The zero-order valence-corrected chi connectivity index (χ0v) is 34.1. The van der Waals surface area contributed by atoms with Crippen LogP contribution in [0.2, 0.25) is 0 Å². The Morgan fingerprint density at radius 2 is 1.13 bits per heavy atom. The minimum Gasteiger partial charge on any atom is -0.480 e. The van der Waals surface area contributed by atoms with E-state index in [0.717, 1.165) is 33.8 Å². The number of hydrogen-bond donors (Lipinski definition) is 11. The number of benzene rings is 2. The topological polar surface area (TPSA) is 276 Å². The summed E-state index contributed by atoms with van der Waals surface area (Å²) >= 11 is 0. The van der Waals surface area contributed by atoms with Gasteiger partial charge in [0, 0.05) is 47.0 Å². The summed E-state index contributed by atoms with van der Waals surface area (Å²) in [5, 5.41) is 39.6. The van der Waals surface area contributed by atoms with Crippen LogP contribution >= 0.6 is 0 Å². The number of carbonyl (C=O) groups is 7. The van der Waals surface area contributed by atoms with E-state index in [2.05, 4.69) is 47.2 Å². The van der Waals surface area contributed by atoms with Gasteiger partial charge in [0.15, 0.2) is 0 Å². The van der Waals surface area contributed by atoms with E-state index in [1.54, 1.807) is 40.1 Å². The zero-order chi connectivity index (χ0) is 43.5. The van der Waals surface area contributed by atoms with Gasteiger partial charge in [0.2, 0.25) is 35.4 Å². The van der Waals surface area contributed by atoms with Crippen molar-refractivity contribution >= 4 is 63.2 Å². The molecule has 0 aliphatic carbocycles. The molecule has 6 amide bonds. The average Bonchev–Trinajstić information content (AvgIpc) is 4.00. The van der Waals surface area contributed by atoms with Crippen molar-refractivity contribution in [1.29, 1.82) is 0 Å². The molecule has 1 fully saturated rings. The number of para-hydroxylation sites is 2. The van der Waals surface area contributed by atoms with E-state index >= 15 is 0 Å². The SMILES string of the molecule is CC(C)[C@H](NC(=O)[C@H](CO)NC(=O)[C@@H](NC(=O)[C@H](Cc1c[nH]c2ccccc12)NC(=O)[C@H](Cc1c[nH]c2ccccc12)NC(=O)[C@@H]1CCCN1)C(C)C)C(=O)NCC(=O)O. The fourth-order valence-corrected chi connectivity index (χ4v) is 7.22. The lowest BCUT2D eigenvalue weighted by atomic mass is 9.99. The maximum absolute atomic E-state index is 14.4. The fourth-order valence-electron chi connectivity index (χ4n) is 7.22. The Morgan fingerprint density at radius 1 is 0.650 bits per heavy atom. The molecule has 18 heteroatoms. The van der Waals surface area contributed by atoms with Crippen molar-refractivity contribution in [3.8, 4) is 0 Å². The summed E-state index contributed by atoms with van der Waals surface area (Å²) in [4.78, 5) is 99.2. The Labute approximate surface area is 346 Å². The molecule has 4 aromatic rings. The van der Waals surface area contributed by atoms with E-state index in [0.29, 0.717) is 18.5 Å². The molecule has 1 aliphatic heterocycles. The van der Waals surface area contributed by atoms with Gasteiger partial charge in [0.25, 0.3) is 0 Å². The van der Waals surface area contributed by atoms with E-state index < -0.39 is 96.7 Å². The molecule has 0 bridgehead atoms. The zero-order valence-electron chi connectivity index (χ0n) is 34.1. The highest BCUT2D eigenvalue weighted by Gasteiger charge is 2.35. The highest BCUT2D eigenvalue weighted by atomic mass is 16.4. The number of rotatable bonds is 20. The van der Waals surface area contributed by atoms with Crippen LogP contribution in [-0.2, 0) is 46.4 Å². The summed E-state index contributed by atoms with van der Waals surface area (Å²) in [6, 6.07) is 8.18. The molecule has 0 radical (unpaired) electrons. The van der Waals surface area contributed by atoms with Gasteiger partial charge in [-0.2, -0.15) is 0 Å². The van der Waals surface area contributed by atoms with E-state index in [9.17, 15) is 38.7 Å².